The summed E-state index contributed by atoms with van der Waals surface area (Å²) in [6, 6.07) is 10.2. The van der Waals surface area contributed by atoms with Gasteiger partial charge in [0.25, 0.3) is 11.8 Å². The van der Waals surface area contributed by atoms with Gasteiger partial charge < -0.3 is 19.7 Å². The van der Waals surface area contributed by atoms with Crippen molar-refractivity contribution in [2.75, 3.05) is 20.8 Å². The Bertz CT molecular complexity index is 1350. The summed E-state index contributed by atoms with van der Waals surface area (Å²) in [6.45, 7) is 3.36. The lowest BCUT2D eigenvalue weighted by Gasteiger charge is -2.35. The molecular weight excluding hydrogens is 537 g/mol. The van der Waals surface area contributed by atoms with Gasteiger partial charge in [-0.25, -0.2) is 0 Å². The number of benzene rings is 2. The average molecular weight is 565 g/mol. The summed E-state index contributed by atoms with van der Waals surface area (Å²) in [5.41, 5.74) is -4.38. The number of hydrogen-bond donors (Lipinski definition) is 1. The minimum atomic E-state index is -5.29. The molecule has 2 aromatic rings. The van der Waals surface area contributed by atoms with Crippen LogP contribution in [0.15, 0.2) is 53.7 Å². The van der Waals surface area contributed by atoms with Crippen molar-refractivity contribution in [3.63, 3.8) is 0 Å². The van der Waals surface area contributed by atoms with Crippen LogP contribution in [0, 0.1) is 5.41 Å². The quantitative estimate of drug-likeness (QED) is 0.505. The molecule has 0 spiro atoms. The molecule has 0 radical (unpaired) electrons. The standard InChI is InChI=1S/C28H28ClF3N2O5/c1-26(2)14-19-23(20(35)15-26)27(28(30,31)32,33-24(36)17-6-8-18(29)9-7-17)25(37)34(19)12-11-16-5-10-21(38-3)22(13-16)39-4/h5-10,13H,11-12,14-15H2,1-4H3,(H,33,36)/t27-/m1/s1. The van der Waals surface area contributed by atoms with Crippen LogP contribution in [0.4, 0.5) is 13.2 Å². The maximum absolute atomic E-state index is 15.0. The molecule has 7 nitrogen and oxygen atoms in total. The minimum absolute atomic E-state index is 0.0181. The highest BCUT2D eigenvalue weighted by Crippen LogP contribution is 2.51. The third-order valence-corrected chi connectivity index (χ3v) is 7.28. The Morgan fingerprint density at radius 3 is 2.26 bits per heavy atom. The number of nitrogens with one attached hydrogen (secondary N) is 1. The fourth-order valence-electron chi connectivity index (χ4n) is 5.18. The predicted octanol–water partition coefficient (Wildman–Crippen LogP) is 5.12. The molecule has 1 heterocycles. The van der Waals surface area contributed by atoms with E-state index in [1.807, 2.05) is 5.32 Å². The van der Waals surface area contributed by atoms with Gasteiger partial charge in [-0.3, -0.25) is 14.4 Å². The van der Waals surface area contributed by atoms with Crippen molar-refractivity contribution in [3.05, 3.63) is 69.9 Å². The molecule has 1 N–H and O–H groups in total. The van der Waals surface area contributed by atoms with Gasteiger partial charge in [-0.05, 0) is 60.2 Å². The Kier molecular flexibility index (Phi) is 7.46. The summed E-state index contributed by atoms with van der Waals surface area (Å²) in [4.78, 5) is 41.1. The van der Waals surface area contributed by atoms with Crippen LogP contribution in [0.25, 0.3) is 0 Å². The summed E-state index contributed by atoms with van der Waals surface area (Å²) in [6.07, 6.45) is -5.27. The number of ether oxygens (including phenoxy) is 2. The molecule has 11 heteroatoms. The number of amides is 2. The third-order valence-electron chi connectivity index (χ3n) is 7.02. The third kappa shape index (κ3) is 5.09. The molecule has 0 fully saturated rings. The van der Waals surface area contributed by atoms with Crippen LogP contribution in [0.1, 0.15) is 42.6 Å². The second-order valence-electron chi connectivity index (χ2n) is 10.4. The van der Waals surface area contributed by atoms with Crippen molar-refractivity contribution in [2.45, 2.75) is 44.8 Å². The minimum Gasteiger partial charge on any atom is -0.493 e. The van der Waals surface area contributed by atoms with Gasteiger partial charge in [0.2, 0.25) is 5.54 Å². The first-order valence-electron chi connectivity index (χ1n) is 12.2. The molecule has 0 bridgehead atoms. The van der Waals surface area contributed by atoms with Crippen molar-refractivity contribution >= 4 is 29.2 Å². The Morgan fingerprint density at radius 2 is 1.67 bits per heavy atom. The zero-order valence-corrected chi connectivity index (χ0v) is 22.6. The smallest absolute Gasteiger partial charge is 0.425 e. The number of methoxy groups -OCH3 is 2. The van der Waals surface area contributed by atoms with Gasteiger partial charge in [-0.15, -0.1) is 0 Å². The normalized spacial score (nSPS) is 20.7. The van der Waals surface area contributed by atoms with E-state index >= 15 is 0 Å². The van der Waals surface area contributed by atoms with E-state index in [0.717, 1.165) is 4.90 Å². The fraction of sp³-hybridized carbons (Fsp3) is 0.393. The van der Waals surface area contributed by atoms with Crippen LogP contribution in [0.2, 0.25) is 5.02 Å². The van der Waals surface area contributed by atoms with E-state index in [0.29, 0.717) is 17.1 Å². The monoisotopic (exact) mass is 564 g/mol. The van der Waals surface area contributed by atoms with Gasteiger partial charge >= 0.3 is 6.18 Å². The van der Waals surface area contributed by atoms with Gasteiger partial charge in [0.05, 0.1) is 19.8 Å². The van der Waals surface area contributed by atoms with Gasteiger partial charge in [0.15, 0.2) is 17.3 Å². The molecule has 0 saturated carbocycles. The number of alkyl halides is 3. The number of rotatable bonds is 7. The molecule has 0 unspecified atom stereocenters. The Labute approximate surface area is 228 Å². The number of Topliss-reactive ketones (excluding diaryl/α,β-unsaturated/α-hetero) is 1. The number of halogens is 4. The number of ketones is 1. The highest BCUT2D eigenvalue weighted by atomic mass is 35.5. The van der Waals surface area contributed by atoms with E-state index in [9.17, 15) is 27.6 Å². The summed E-state index contributed by atoms with van der Waals surface area (Å²) in [5, 5.41) is 2.21. The van der Waals surface area contributed by atoms with E-state index in [-0.39, 0.29) is 42.1 Å². The molecule has 1 aliphatic heterocycles. The molecule has 1 aliphatic carbocycles. The van der Waals surface area contributed by atoms with Crippen molar-refractivity contribution in [1.82, 2.24) is 10.2 Å². The lowest BCUT2D eigenvalue weighted by Crippen LogP contribution is -2.66. The summed E-state index contributed by atoms with van der Waals surface area (Å²) in [7, 11) is 2.94. The molecule has 1 atom stereocenters. The van der Waals surface area contributed by atoms with Crippen molar-refractivity contribution in [3.8, 4) is 11.5 Å². The van der Waals surface area contributed by atoms with Crippen LogP contribution >= 0.6 is 11.6 Å². The SMILES string of the molecule is COc1ccc(CCN2C(=O)[C@@](NC(=O)c3ccc(Cl)cc3)(C(F)(F)F)C3=C2CC(C)(C)CC3=O)cc1OC. The highest BCUT2D eigenvalue weighted by molar-refractivity contribution is 6.30. The van der Waals surface area contributed by atoms with E-state index in [4.69, 9.17) is 21.1 Å². The van der Waals surface area contributed by atoms with E-state index in [2.05, 4.69) is 0 Å². The number of nitrogens with zero attached hydrogens (tertiary/aromatic N) is 1. The summed E-state index contributed by atoms with van der Waals surface area (Å²) >= 11 is 5.85. The Balaban J connectivity index is 1.77. The molecule has 39 heavy (non-hydrogen) atoms. The van der Waals surface area contributed by atoms with E-state index < -0.39 is 40.3 Å². The van der Waals surface area contributed by atoms with Gasteiger partial charge in [0.1, 0.15) is 0 Å². The van der Waals surface area contributed by atoms with Crippen molar-refractivity contribution in [2.24, 2.45) is 5.41 Å². The van der Waals surface area contributed by atoms with E-state index in [1.165, 1.54) is 38.5 Å². The van der Waals surface area contributed by atoms with Crippen LogP contribution in [0.3, 0.4) is 0 Å². The van der Waals surface area contributed by atoms with E-state index in [1.54, 1.807) is 32.0 Å². The molecule has 0 saturated heterocycles. The topological polar surface area (TPSA) is 84.9 Å². The second kappa shape index (κ2) is 10.2. The predicted molar refractivity (Wildman–Crippen MR) is 138 cm³/mol. The molecule has 4 rings (SSSR count). The molecule has 0 aromatic heterocycles. The van der Waals surface area contributed by atoms with Crippen molar-refractivity contribution in [1.29, 1.82) is 0 Å². The lowest BCUT2D eigenvalue weighted by molar-refractivity contribution is -0.190. The first-order valence-corrected chi connectivity index (χ1v) is 12.6. The second-order valence-corrected chi connectivity index (χ2v) is 10.8. The summed E-state index contributed by atoms with van der Waals surface area (Å²) < 4.78 is 55.4. The molecule has 2 aromatic carbocycles. The molecule has 2 amide bonds. The fourth-order valence-corrected chi connectivity index (χ4v) is 5.31. The van der Waals surface area contributed by atoms with Crippen LogP contribution in [0.5, 0.6) is 11.5 Å². The zero-order valence-electron chi connectivity index (χ0n) is 21.9. The number of carbonyl (C=O) groups is 3. The van der Waals surface area contributed by atoms with Gasteiger partial charge in [-0.2, -0.15) is 13.2 Å². The zero-order chi connectivity index (χ0) is 28.8. The van der Waals surface area contributed by atoms with Gasteiger partial charge in [0, 0.05) is 29.2 Å². The first kappa shape index (κ1) is 28.5. The van der Waals surface area contributed by atoms with Crippen molar-refractivity contribution < 1.29 is 37.0 Å². The van der Waals surface area contributed by atoms with Gasteiger partial charge in [-0.1, -0.05) is 31.5 Å². The molecule has 2 aliphatic rings. The Hall–Kier alpha value is -3.53. The lowest BCUT2D eigenvalue weighted by atomic mass is 9.72. The van der Waals surface area contributed by atoms with Crippen LogP contribution in [-0.2, 0) is 16.0 Å². The van der Waals surface area contributed by atoms with Crippen LogP contribution < -0.4 is 14.8 Å². The maximum Gasteiger partial charge on any atom is 0.425 e. The average Bonchev–Trinajstić information content (AvgIpc) is 3.09. The highest BCUT2D eigenvalue weighted by Gasteiger charge is 2.71. The molecular formula is C28H28ClF3N2O5. The largest absolute Gasteiger partial charge is 0.493 e. The summed E-state index contributed by atoms with van der Waals surface area (Å²) in [5.74, 6) is -2.48. The number of hydrogen-bond acceptors (Lipinski definition) is 5. The first-order chi connectivity index (χ1) is 18.2. The number of allylic oxidation sites excluding steroid dienone is 1. The molecule has 208 valence electrons. The maximum atomic E-state index is 15.0. The van der Waals surface area contributed by atoms with Crippen LogP contribution in [-0.4, -0.2) is 55.0 Å². The Morgan fingerprint density at radius 1 is 1.03 bits per heavy atom. The number of carbonyl (C=O) groups excluding carboxylic acids is 3.